The number of nitrogens with zero attached hydrogens (tertiary/aromatic N) is 7. The molecule has 44 heavy (non-hydrogen) atoms. The van der Waals surface area contributed by atoms with Crippen molar-refractivity contribution in [1.29, 1.82) is 0 Å². The van der Waals surface area contributed by atoms with E-state index in [2.05, 4.69) is 42.2 Å². The van der Waals surface area contributed by atoms with E-state index in [0.29, 0.717) is 11.2 Å². The first kappa shape index (κ1) is 30.8. The molecule has 0 aromatic carbocycles. The van der Waals surface area contributed by atoms with Gasteiger partial charge < -0.3 is 40.6 Å². The molecule has 2 fully saturated rings. The van der Waals surface area contributed by atoms with Gasteiger partial charge in [-0.1, -0.05) is 12.2 Å². The number of hydrogen-bond donors (Lipinski definition) is 6. The lowest BCUT2D eigenvalue weighted by molar-refractivity contribution is -0.0585. The number of thiol groups is 1. The third kappa shape index (κ3) is 5.34. The second kappa shape index (κ2) is 11.9. The van der Waals surface area contributed by atoms with Gasteiger partial charge in [-0.2, -0.15) is 4.98 Å². The van der Waals surface area contributed by atoms with Crippen LogP contribution in [0.4, 0.5) is 11.8 Å². The van der Waals surface area contributed by atoms with Crippen LogP contribution in [0.15, 0.2) is 23.8 Å². The summed E-state index contributed by atoms with van der Waals surface area (Å²) in [6, 6.07) is 0. The lowest BCUT2D eigenvalue weighted by Crippen LogP contribution is -2.37. The van der Waals surface area contributed by atoms with Crippen molar-refractivity contribution in [2.75, 3.05) is 38.9 Å². The Kier molecular flexibility index (Phi) is 8.34. The summed E-state index contributed by atoms with van der Waals surface area (Å²) in [5, 5.41) is 21.0. The molecule has 0 spiro atoms. The number of nitrogens with two attached hydrogens (primary N) is 2. The van der Waals surface area contributed by atoms with E-state index in [0.717, 1.165) is 0 Å². The maximum atomic E-state index is 13.4. The highest BCUT2D eigenvalue weighted by atomic mass is 32.7. The Hall–Kier alpha value is -3.24. The standard InChI is InChI=1S/C22H29N10O10PS/c1-37-14-12(34)9(41-20(14)31-6-27-10-16(23)25-5-26-17(10)31)4-39-43(36,44)42-13-8(3-33)40-21(15(13)38-2)32-7-28-11-18(32)29-22(24)30-19(11)35/h5-9,12-15,20-21,33-34H,3-4H2,1-2H3,(H,36,44)(H2,23,25,26)(H3,24,29,30,35)/t8-,9-,12?,13?,14?,15?,20-,21-,43?/m1/s1. The van der Waals surface area contributed by atoms with Crippen LogP contribution in [-0.2, 0) is 32.6 Å². The smallest absolute Gasteiger partial charge is 0.386 e. The van der Waals surface area contributed by atoms with E-state index >= 15 is 0 Å². The number of imidazole rings is 2. The molecular formula is C22H29N10O10PS. The molecule has 0 amide bonds. The summed E-state index contributed by atoms with van der Waals surface area (Å²) < 4.78 is 50.7. The van der Waals surface area contributed by atoms with E-state index in [-0.39, 0.29) is 22.9 Å². The molecule has 2 aliphatic rings. The number of fused-ring (bicyclic) bond motifs is 2. The van der Waals surface area contributed by atoms with Crippen molar-refractivity contribution in [2.45, 2.75) is 49.1 Å². The van der Waals surface area contributed by atoms with E-state index < -0.39 is 74.7 Å². The van der Waals surface area contributed by atoms with Crippen LogP contribution in [0.2, 0.25) is 0 Å². The number of hydrogen-bond acceptors (Lipinski definition) is 17. The molecule has 0 radical (unpaired) electrons. The van der Waals surface area contributed by atoms with E-state index in [1.54, 1.807) is 0 Å². The third-order valence-electron chi connectivity index (χ3n) is 7.37. The van der Waals surface area contributed by atoms with Crippen molar-refractivity contribution in [3.05, 3.63) is 29.3 Å². The average Bonchev–Trinajstić information content (AvgIpc) is 3.75. The van der Waals surface area contributed by atoms with E-state index in [4.69, 9.17) is 39.5 Å². The second-order valence-electron chi connectivity index (χ2n) is 9.90. The molecule has 0 aliphatic carbocycles. The number of aliphatic hydroxyl groups is 2. The number of anilines is 2. The lowest BCUT2D eigenvalue weighted by atomic mass is 10.1. The number of nitrogens with one attached hydrogen (secondary N) is 1. The Bertz CT molecular complexity index is 1770. The summed E-state index contributed by atoms with van der Waals surface area (Å²) >= 11 is 4.11. The number of H-pyrrole nitrogens is 1. The number of aromatic nitrogens is 8. The Morgan fingerprint density at radius 3 is 2.36 bits per heavy atom. The zero-order valence-electron chi connectivity index (χ0n) is 23.1. The molecular weight excluding hydrogens is 627 g/mol. The number of aromatic amines is 1. The van der Waals surface area contributed by atoms with Crippen LogP contribution in [0.1, 0.15) is 12.5 Å². The van der Waals surface area contributed by atoms with Crippen LogP contribution >= 0.6 is 19.0 Å². The maximum absolute atomic E-state index is 13.4. The predicted molar refractivity (Wildman–Crippen MR) is 152 cm³/mol. The molecule has 2 saturated heterocycles. The van der Waals surface area contributed by atoms with Crippen molar-refractivity contribution >= 4 is 53.1 Å². The minimum Gasteiger partial charge on any atom is -0.394 e. The first-order valence-electron chi connectivity index (χ1n) is 13.0. The first-order chi connectivity index (χ1) is 21.1. The van der Waals surface area contributed by atoms with Gasteiger partial charge in [-0.05, 0) is 0 Å². The largest absolute Gasteiger partial charge is 0.394 e. The molecule has 0 saturated carbocycles. The van der Waals surface area contributed by atoms with Crippen LogP contribution < -0.4 is 17.0 Å². The average molecular weight is 657 g/mol. The number of methoxy groups -OCH3 is 2. The molecule has 4 aromatic rings. The molecule has 5 unspecified atom stereocenters. The monoisotopic (exact) mass is 656 g/mol. The van der Waals surface area contributed by atoms with Gasteiger partial charge in [0, 0.05) is 14.2 Å². The highest BCUT2D eigenvalue weighted by molar-refractivity contribution is 8.44. The number of nitrogen functional groups attached to an aromatic ring is 2. The molecule has 2 aliphatic heterocycles. The lowest BCUT2D eigenvalue weighted by Gasteiger charge is -2.26. The second-order valence-corrected chi connectivity index (χ2v) is 12.8. The van der Waals surface area contributed by atoms with Crippen molar-refractivity contribution in [2.24, 2.45) is 0 Å². The molecule has 22 heteroatoms. The zero-order valence-corrected chi connectivity index (χ0v) is 24.9. The summed E-state index contributed by atoms with van der Waals surface area (Å²) in [6.45, 7) is -5.22. The summed E-state index contributed by atoms with van der Waals surface area (Å²) in [6.07, 6.45) is -4.35. The summed E-state index contributed by atoms with van der Waals surface area (Å²) in [5.41, 5.74) is 11.8. The van der Waals surface area contributed by atoms with Gasteiger partial charge in [0.2, 0.25) is 5.95 Å². The van der Waals surface area contributed by atoms with Crippen LogP contribution in [0.25, 0.3) is 22.3 Å². The molecule has 0 bridgehead atoms. The Balaban J connectivity index is 1.18. The molecule has 7 N–H and O–H groups in total. The van der Waals surface area contributed by atoms with Gasteiger partial charge in [-0.3, -0.25) is 28.0 Å². The zero-order chi connectivity index (χ0) is 31.3. The van der Waals surface area contributed by atoms with Gasteiger partial charge in [0.1, 0.15) is 48.5 Å². The fourth-order valence-electron chi connectivity index (χ4n) is 5.33. The summed E-state index contributed by atoms with van der Waals surface area (Å²) in [7, 11) is 2.74. The summed E-state index contributed by atoms with van der Waals surface area (Å²) in [5.74, 6) is 0.0159. The van der Waals surface area contributed by atoms with Crippen molar-refractivity contribution in [3.8, 4) is 0 Å². The first-order valence-corrected chi connectivity index (χ1v) is 15.7. The Morgan fingerprint density at radius 2 is 1.66 bits per heavy atom. The van der Waals surface area contributed by atoms with Crippen LogP contribution in [0.5, 0.6) is 0 Å². The fourth-order valence-corrected chi connectivity index (χ4v) is 6.82. The van der Waals surface area contributed by atoms with Gasteiger partial charge in [-0.25, -0.2) is 24.5 Å². The predicted octanol–water partition coefficient (Wildman–Crippen LogP) is -1.26. The molecule has 20 nitrogen and oxygen atoms in total. The van der Waals surface area contributed by atoms with Crippen molar-refractivity contribution in [3.63, 3.8) is 0 Å². The van der Waals surface area contributed by atoms with Gasteiger partial charge in [-0.15, -0.1) is 0 Å². The quantitative estimate of drug-likeness (QED) is 0.0858. The molecule has 6 rings (SSSR count). The van der Waals surface area contributed by atoms with Crippen molar-refractivity contribution in [1.82, 2.24) is 39.0 Å². The van der Waals surface area contributed by atoms with Crippen LogP contribution in [0.3, 0.4) is 0 Å². The van der Waals surface area contributed by atoms with Gasteiger partial charge >= 0.3 is 6.80 Å². The Morgan fingerprint density at radius 1 is 1.00 bits per heavy atom. The summed E-state index contributed by atoms with van der Waals surface area (Å²) in [4.78, 5) is 35.1. The molecule has 6 heterocycles. The van der Waals surface area contributed by atoms with E-state index in [1.807, 2.05) is 0 Å². The van der Waals surface area contributed by atoms with E-state index in [1.165, 1.54) is 42.3 Å². The minimum absolute atomic E-state index is 0.00633. The van der Waals surface area contributed by atoms with Crippen LogP contribution in [0, 0.1) is 0 Å². The fraction of sp³-hybridized carbons (Fsp3) is 0.545. The normalized spacial score (nSPS) is 30.4. The maximum Gasteiger partial charge on any atom is 0.386 e. The van der Waals surface area contributed by atoms with Crippen LogP contribution in [-0.4, -0.2) is 113 Å². The third-order valence-corrected chi connectivity index (χ3v) is 8.98. The van der Waals surface area contributed by atoms with Crippen molar-refractivity contribution < 1.29 is 42.8 Å². The number of aliphatic hydroxyl groups excluding tert-OH is 2. The SMILES string of the molecule is COC1C(O)[C@@H](COP(=O)(S)OC2C(OC)[C@H](n3cnc4c(=O)[nH]c(N)nc43)O[C@@H]2CO)O[C@H]1n1cnc2c(N)ncnc21. The number of ether oxygens (including phenoxy) is 4. The topological polar surface area (TPSA) is 272 Å². The van der Waals surface area contributed by atoms with E-state index in [9.17, 15) is 19.6 Å². The van der Waals surface area contributed by atoms with Gasteiger partial charge in [0.15, 0.2) is 35.1 Å². The highest BCUT2D eigenvalue weighted by Crippen LogP contribution is 2.57. The highest BCUT2D eigenvalue weighted by Gasteiger charge is 2.51. The van der Waals surface area contributed by atoms with Gasteiger partial charge in [0.05, 0.1) is 25.9 Å². The molecule has 4 aromatic heterocycles. The molecule has 238 valence electrons. The van der Waals surface area contributed by atoms with Gasteiger partial charge in [0.25, 0.3) is 5.56 Å². The minimum atomic E-state index is -4.22. The molecule has 9 atom stereocenters. The number of rotatable bonds is 10. The Labute approximate surface area is 252 Å².